The first-order valence-electron chi connectivity index (χ1n) is 7.62. The molecule has 0 saturated carbocycles. The summed E-state index contributed by atoms with van der Waals surface area (Å²) in [7, 11) is 1.66. The topological polar surface area (TPSA) is 44.7 Å². The highest BCUT2D eigenvalue weighted by molar-refractivity contribution is 5.55. The molecule has 0 aliphatic carbocycles. The van der Waals surface area contributed by atoms with Crippen LogP contribution < -0.4 is 10.2 Å². The van der Waals surface area contributed by atoms with Crippen molar-refractivity contribution in [2.75, 3.05) is 38.3 Å². The molecule has 1 saturated heterocycles. The Morgan fingerprint density at radius 3 is 3.05 bits per heavy atom. The zero-order valence-corrected chi connectivity index (χ0v) is 12.6. The third-order valence-corrected chi connectivity index (χ3v) is 3.99. The summed E-state index contributed by atoms with van der Waals surface area (Å²) in [6, 6.07) is 5.05. The molecule has 2 N–H and O–H groups in total. The van der Waals surface area contributed by atoms with Gasteiger partial charge in [-0.3, -0.25) is 0 Å². The second-order valence-corrected chi connectivity index (χ2v) is 5.47. The number of piperidine rings is 1. The number of nitrogens with zero attached hydrogens (tertiary/aromatic N) is 1. The van der Waals surface area contributed by atoms with Gasteiger partial charge in [0.1, 0.15) is 5.82 Å². The number of aliphatic hydroxyl groups excluding tert-OH is 1. The monoisotopic (exact) mass is 296 g/mol. The molecule has 1 unspecified atom stereocenters. The molecule has 0 bridgehead atoms. The van der Waals surface area contributed by atoms with Crippen molar-refractivity contribution < 1.29 is 14.2 Å². The second-order valence-electron chi connectivity index (χ2n) is 5.47. The molecular formula is C16H25FN2O2. The van der Waals surface area contributed by atoms with E-state index in [1.165, 1.54) is 6.07 Å². The van der Waals surface area contributed by atoms with Crippen molar-refractivity contribution in [3.8, 4) is 0 Å². The lowest BCUT2D eigenvalue weighted by Crippen LogP contribution is -2.42. The molecule has 2 rings (SSSR count). The lowest BCUT2D eigenvalue weighted by molar-refractivity contribution is 0.199. The standard InChI is InChI=1S/C16H25FN2O2/c1-21-9-7-18-11-13-10-14(17)5-6-16(13)19-8-3-2-4-15(19)12-20/h5-6,10,15,18,20H,2-4,7-9,11-12H2,1H3. The van der Waals surface area contributed by atoms with Gasteiger partial charge in [0.25, 0.3) is 0 Å². The summed E-state index contributed by atoms with van der Waals surface area (Å²) in [4.78, 5) is 2.22. The van der Waals surface area contributed by atoms with E-state index in [1.54, 1.807) is 13.2 Å². The van der Waals surface area contributed by atoms with E-state index < -0.39 is 0 Å². The summed E-state index contributed by atoms with van der Waals surface area (Å²) in [5.41, 5.74) is 1.96. The van der Waals surface area contributed by atoms with Crippen molar-refractivity contribution in [2.24, 2.45) is 0 Å². The molecule has 1 aromatic rings. The first-order valence-corrected chi connectivity index (χ1v) is 7.62. The maximum absolute atomic E-state index is 13.5. The Bertz CT molecular complexity index is 442. The molecule has 4 nitrogen and oxygen atoms in total. The zero-order chi connectivity index (χ0) is 15.1. The van der Waals surface area contributed by atoms with E-state index in [1.807, 2.05) is 6.07 Å². The third-order valence-electron chi connectivity index (χ3n) is 3.99. The van der Waals surface area contributed by atoms with E-state index in [-0.39, 0.29) is 18.5 Å². The first-order chi connectivity index (χ1) is 10.3. The first kappa shape index (κ1) is 16.2. The summed E-state index contributed by atoms with van der Waals surface area (Å²) in [6.45, 7) is 3.03. The largest absolute Gasteiger partial charge is 0.394 e. The lowest BCUT2D eigenvalue weighted by Gasteiger charge is -2.37. The Morgan fingerprint density at radius 2 is 2.29 bits per heavy atom. The number of aliphatic hydroxyl groups is 1. The van der Waals surface area contributed by atoms with Gasteiger partial charge in [-0.2, -0.15) is 0 Å². The van der Waals surface area contributed by atoms with E-state index >= 15 is 0 Å². The fourth-order valence-electron chi connectivity index (χ4n) is 2.88. The Balaban J connectivity index is 2.13. The fraction of sp³-hybridized carbons (Fsp3) is 0.625. The van der Waals surface area contributed by atoms with Crippen molar-refractivity contribution in [3.63, 3.8) is 0 Å². The number of benzene rings is 1. The predicted molar refractivity (Wildman–Crippen MR) is 82.1 cm³/mol. The van der Waals surface area contributed by atoms with E-state index in [2.05, 4.69) is 10.2 Å². The van der Waals surface area contributed by atoms with Gasteiger partial charge in [0, 0.05) is 32.4 Å². The molecule has 118 valence electrons. The summed E-state index contributed by atoms with van der Waals surface area (Å²) < 4.78 is 18.6. The smallest absolute Gasteiger partial charge is 0.123 e. The summed E-state index contributed by atoms with van der Waals surface area (Å²) >= 11 is 0. The van der Waals surface area contributed by atoms with Crippen molar-refractivity contribution in [3.05, 3.63) is 29.6 Å². The van der Waals surface area contributed by atoms with Gasteiger partial charge in [0.05, 0.1) is 19.3 Å². The molecular weight excluding hydrogens is 271 g/mol. The summed E-state index contributed by atoms with van der Waals surface area (Å²) in [5.74, 6) is -0.222. The number of nitrogens with one attached hydrogen (secondary N) is 1. The van der Waals surface area contributed by atoms with Crippen molar-refractivity contribution >= 4 is 5.69 Å². The van der Waals surface area contributed by atoms with Crippen LogP contribution in [0, 0.1) is 5.82 Å². The highest BCUT2D eigenvalue weighted by Crippen LogP contribution is 2.28. The van der Waals surface area contributed by atoms with Crippen molar-refractivity contribution in [2.45, 2.75) is 31.8 Å². The minimum Gasteiger partial charge on any atom is -0.394 e. The molecule has 1 aliphatic rings. The van der Waals surface area contributed by atoms with Crippen LogP contribution in [-0.4, -0.2) is 44.6 Å². The molecule has 0 spiro atoms. The Kier molecular flexibility index (Phi) is 6.42. The van der Waals surface area contributed by atoms with Crippen LogP contribution in [0.3, 0.4) is 0 Å². The van der Waals surface area contributed by atoms with Crippen molar-refractivity contribution in [1.29, 1.82) is 0 Å². The fourth-order valence-corrected chi connectivity index (χ4v) is 2.88. The number of anilines is 1. The lowest BCUT2D eigenvalue weighted by atomic mass is 10.00. The van der Waals surface area contributed by atoms with E-state index in [0.717, 1.165) is 43.6 Å². The van der Waals surface area contributed by atoms with Crippen LogP contribution in [0.1, 0.15) is 24.8 Å². The van der Waals surface area contributed by atoms with Crippen LogP contribution in [0.2, 0.25) is 0 Å². The molecule has 1 atom stereocenters. The Morgan fingerprint density at radius 1 is 1.43 bits per heavy atom. The molecule has 21 heavy (non-hydrogen) atoms. The van der Waals surface area contributed by atoms with Crippen LogP contribution >= 0.6 is 0 Å². The maximum atomic E-state index is 13.5. The second kappa shape index (κ2) is 8.32. The summed E-state index contributed by atoms with van der Waals surface area (Å²) in [6.07, 6.45) is 3.25. The predicted octanol–water partition coefficient (Wildman–Crippen LogP) is 1.91. The minimum atomic E-state index is -0.222. The van der Waals surface area contributed by atoms with Gasteiger partial charge in [-0.1, -0.05) is 0 Å². The van der Waals surface area contributed by atoms with Crippen LogP contribution in [0.25, 0.3) is 0 Å². The van der Waals surface area contributed by atoms with Gasteiger partial charge >= 0.3 is 0 Å². The van der Waals surface area contributed by atoms with E-state index in [9.17, 15) is 9.50 Å². The highest BCUT2D eigenvalue weighted by atomic mass is 19.1. The molecule has 5 heteroatoms. The van der Waals surface area contributed by atoms with Gasteiger partial charge in [0.15, 0.2) is 0 Å². The van der Waals surface area contributed by atoms with Crippen LogP contribution in [-0.2, 0) is 11.3 Å². The average molecular weight is 296 g/mol. The third kappa shape index (κ3) is 4.40. The highest BCUT2D eigenvalue weighted by Gasteiger charge is 2.23. The molecule has 0 amide bonds. The maximum Gasteiger partial charge on any atom is 0.123 e. The van der Waals surface area contributed by atoms with Crippen LogP contribution in [0.5, 0.6) is 0 Å². The SMILES string of the molecule is COCCNCc1cc(F)ccc1N1CCCCC1CO. The molecule has 0 aromatic heterocycles. The zero-order valence-electron chi connectivity index (χ0n) is 12.6. The number of rotatable bonds is 7. The quantitative estimate of drug-likeness (QED) is 0.755. The minimum absolute atomic E-state index is 0.141. The van der Waals surface area contributed by atoms with E-state index in [4.69, 9.17) is 4.74 Å². The molecule has 0 radical (unpaired) electrons. The Labute approximate surface area is 125 Å². The normalized spacial score (nSPS) is 19.0. The van der Waals surface area contributed by atoms with Gasteiger partial charge < -0.3 is 20.1 Å². The van der Waals surface area contributed by atoms with Gasteiger partial charge in [-0.15, -0.1) is 0 Å². The number of halogens is 1. The molecule has 1 fully saturated rings. The van der Waals surface area contributed by atoms with E-state index in [0.29, 0.717) is 13.2 Å². The average Bonchev–Trinajstić information content (AvgIpc) is 2.52. The van der Waals surface area contributed by atoms with Crippen molar-refractivity contribution in [1.82, 2.24) is 5.32 Å². The molecule has 1 aromatic carbocycles. The Hall–Kier alpha value is -1.17. The molecule has 1 aliphatic heterocycles. The van der Waals surface area contributed by atoms with Gasteiger partial charge in [-0.05, 0) is 43.0 Å². The summed E-state index contributed by atoms with van der Waals surface area (Å²) in [5, 5.41) is 12.8. The number of hydrogen-bond acceptors (Lipinski definition) is 4. The van der Waals surface area contributed by atoms with Gasteiger partial charge in [-0.25, -0.2) is 4.39 Å². The molecule has 1 heterocycles. The van der Waals surface area contributed by atoms with Crippen LogP contribution in [0.4, 0.5) is 10.1 Å². The number of methoxy groups -OCH3 is 1. The number of hydrogen-bond donors (Lipinski definition) is 2. The number of ether oxygens (including phenoxy) is 1. The van der Waals surface area contributed by atoms with Crippen LogP contribution in [0.15, 0.2) is 18.2 Å². The van der Waals surface area contributed by atoms with Gasteiger partial charge in [0.2, 0.25) is 0 Å².